The van der Waals surface area contributed by atoms with Crippen LogP contribution < -0.4 is 5.84 Å². The Kier molecular flexibility index (Phi) is 5.03. The zero-order valence-electron chi connectivity index (χ0n) is 13.7. The second-order valence-electron chi connectivity index (χ2n) is 6.10. The van der Waals surface area contributed by atoms with Crippen molar-refractivity contribution in [2.24, 2.45) is 5.84 Å². The predicted molar refractivity (Wildman–Crippen MR) is 82.2 cm³/mol. The maximum absolute atomic E-state index is 12.6. The normalized spacial score (nSPS) is 26.2. The first kappa shape index (κ1) is 18.8. The first-order valence-corrected chi connectivity index (χ1v) is 9.27. The number of carbonyl (C=O) groups is 3. The third-order valence-corrected chi connectivity index (χ3v) is 4.86. The Morgan fingerprint density at radius 3 is 2.54 bits per heavy atom. The van der Waals surface area contributed by atoms with Crippen LogP contribution in [0.5, 0.6) is 0 Å². The van der Waals surface area contributed by atoms with Gasteiger partial charge >= 0.3 is 22.5 Å². The number of hydrogen-bond donors (Lipinski definition) is 2. The van der Waals surface area contributed by atoms with Crippen LogP contribution in [0.1, 0.15) is 12.8 Å². The molecule has 0 saturated carbocycles. The second kappa shape index (κ2) is 6.96. The summed E-state index contributed by atoms with van der Waals surface area (Å²) in [5.41, 5.74) is 0. The van der Waals surface area contributed by atoms with Gasteiger partial charge in [-0.2, -0.15) is 18.5 Å². The molecule has 0 unspecified atom stereocenters. The number of imide groups is 1. The molecule has 3 fully saturated rings. The van der Waals surface area contributed by atoms with Crippen LogP contribution in [-0.4, -0.2) is 95.7 Å². The number of urea groups is 2. The Hall–Kier alpha value is -2.00. The van der Waals surface area contributed by atoms with Gasteiger partial charge in [-0.1, -0.05) is 0 Å². The maximum Gasteiger partial charge on any atom is 0.418 e. The highest BCUT2D eigenvalue weighted by molar-refractivity contribution is 7.80. The van der Waals surface area contributed by atoms with Gasteiger partial charge in [0, 0.05) is 19.6 Å². The monoisotopic (exact) mass is 393 g/mol. The van der Waals surface area contributed by atoms with Crippen LogP contribution in [0, 0.1) is 0 Å². The summed E-state index contributed by atoms with van der Waals surface area (Å²) in [6, 6.07) is -3.24. The van der Waals surface area contributed by atoms with E-state index in [4.69, 9.17) is 15.1 Å². The summed E-state index contributed by atoms with van der Waals surface area (Å²) in [5.74, 6) is 4.89. The first-order chi connectivity index (χ1) is 12.2. The first-order valence-electron chi connectivity index (χ1n) is 7.91. The Morgan fingerprint density at radius 2 is 1.92 bits per heavy atom. The van der Waals surface area contributed by atoms with Gasteiger partial charge in [-0.25, -0.2) is 15.4 Å². The Morgan fingerprint density at radius 1 is 1.27 bits per heavy atom. The highest BCUT2D eigenvalue weighted by atomic mass is 32.3. The van der Waals surface area contributed by atoms with Gasteiger partial charge in [0.1, 0.15) is 6.04 Å². The zero-order valence-corrected chi connectivity index (χ0v) is 14.5. The van der Waals surface area contributed by atoms with Crippen molar-refractivity contribution < 1.29 is 36.4 Å². The molecule has 3 heterocycles. The topological polar surface area (TPSA) is 163 Å². The van der Waals surface area contributed by atoms with Gasteiger partial charge in [-0.15, -0.1) is 4.28 Å². The second-order valence-corrected chi connectivity index (χ2v) is 7.10. The molecule has 3 saturated heterocycles. The smallest absolute Gasteiger partial charge is 0.378 e. The van der Waals surface area contributed by atoms with E-state index in [0.717, 1.165) is 4.90 Å². The molecular weight excluding hydrogens is 374 g/mol. The van der Waals surface area contributed by atoms with Crippen LogP contribution in [0.25, 0.3) is 0 Å². The van der Waals surface area contributed by atoms with E-state index >= 15 is 0 Å². The lowest BCUT2D eigenvalue weighted by molar-refractivity contribution is -0.134. The van der Waals surface area contributed by atoms with Gasteiger partial charge < -0.3 is 14.5 Å². The number of morpholine rings is 1. The van der Waals surface area contributed by atoms with Gasteiger partial charge in [0.2, 0.25) is 0 Å². The fourth-order valence-corrected chi connectivity index (χ4v) is 3.64. The highest BCUT2D eigenvalue weighted by Gasteiger charge is 2.50. The fourth-order valence-electron chi connectivity index (χ4n) is 3.25. The van der Waals surface area contributed by atoms with E-state index in [1.165, 1.54) is 4.90 Å². The van der Waals surface area contributed by atoms with E-state index in [2.05, 4.69) is 4.28 Å². The lowest BCUT2D eigenvalue weighted by Crippen LogP contribution is -2.59. The van der Waals surface area contributed by atoms with Crippen LogP contribution in [-0.2, 0) is 24.2 Å². The van der Waals surface area contributed by atoms with E-state index in [-0.39, 0.29) is 19.4 Å². The molecule has 3 aliphatic heterocycles. The molecule has 0 aromatic rings. The van der Waals surface area contributed by atoms with E-state index < -0.39 is 40.5 Å². The number of hydroxylamine groups is 2. The van der Waals surface area contributed by atoms with E-state index in [1.807, 2.05) is 0 Å². The van der Waals surface area contributed by atoms with Crippen LogP contribution >= 0.6 is 0 Å². The van der Waals surface area contributed by atoms with Gasteiger partial charge in [0.05, 0.1) is 19.3 Å². The maximum atomic E-state index is 12.6. The van der Waals surface area contributed by atoms with Gasteiger partial charge in [0.25, 0.3) is 5.91 Å². The Labute approximate surface area is 149 Å². The molecule has 3 rings (SSSR count). The number of nitrogens with zero attached hydrogens (tertiary/aromatic N) is 4. The molecule has 0 radical (unpaired) electrons. The van der Waals surface area contributed by atoms with Crippen molar-refractivity contribution in [1.82, 2.24) is 19.9 Å². The van der Waals surface area contributed by atoms with Crippen molar-refractivity contribution >= 4 is 28.4 Å². The molecule has 14 heteroatoms. The number of nitrogens with two attached hydrogens (primary N) is 1. The molecule has 0 aromatic heterocycles. The van der Waals surface area contributed by atoms with Crippen molar-refractivity contribution in [2.45, 2.75) is 24.9 Å². The van der Waals surface area contributed by atoms with Crippen LogP contribution in [0.4, 0.5) is 9.59 Å². The number of amides is 5. The van der Waals surface area contributed by atoms with E-state index in [0.29, 0.717) is 36.4 Å². The zero-order chi connectivity index (χ0) is 19.1. The number of ether oxygens (including phenoxy) is 1. The molecule has 146 valence electrons. The third kappa shape index (κ3) is 3.59. The minimum absolute atomic E-state index is 0.0182. The molecule has 2 bridgehead atoms. The molecule has 3 aliphatic rings. The SMILES string of the molecule is NN(C(=O)[C@@H]1CC[C@@H]2CN1C(=O)N2OS(=O)(=O)O)C(=O)N1CCOCC1. The minimum atomic E-state index is -4.88. The number of hydrazine groups is 1. The molecule has 5 amide bonds. The molecule has 0 spiro atoms. The number of hydrogen-bond acceptors (Lipinski definition) is 8. The van der Waals surface area contributed by atoms with Gasteiger partial charge in [-0.3, -0.25) is 9.35 Å². The summed E-state index contributed by atoms with van der Waals surface area (Å²) in [7, 11) is -4.88. The standard InChI is InChI=1S/C12H19N5O8S/c13-16(11(19)14-3-5-24-6-4-14)10(18)9-2-1-8-7-15(9)12(20)17(8)25-26(21,22)23/h8-9H,1-7,13H2,(H,21,22,23)/t8-,9+/m1/s1. The lowest BCUT2D eigenvalue weighted by Gasteiger charge is -2.34. The van der Waals surface area contributed by atoms with E-state index in [1.54, 1.807) is 0 Å². The molecule has 0 aromatic carbocycles. The number of piperidine rings is 1. The average molecular weight is 393 g/mol. The molecule has 13 nitrogen and oxygen atoms in total. The molecule has 0 aliphatic carbocycles. The van der Waals surface area contributed by atoms with Crippen molar-refractivity contribution in [3.8, 4) is 0 Å². The minimum Gasteiger partial charge on any atom is -0.378 e. The summed E-state index contributed by atoms with van der Waals surface area (Å²) in [6.07, 6.45) is 0.415. The Balaban J connectivity index is 1.69. The number of fused-ring (bicyclic) bond motifs is 2. The number of rotatable bonds is 3. The van der Waals surface area contributed by atoms with Crippen LogP contribution in [0.3, 0.4) is 0 Å². The van der Waals surface area contributed by atoms with Crippen molar-refractivity contribution in [1.29, 1.82) is 0 Å². The quantitative estimate of drug-likeness (QED) is 0.242. The van der Waals surface area contributed by atoms with Crippen molar-refractivity contribution in [3.63, 3.8) is 0 Å². The van der Waals surface area contributed by atoms with Gasteiger partial charge in [0.15, 0.2) is 0 Å². The molecule has 3 N–H and O–H groups in total. The van der Waals surface area contributed by atoms with Crippen LogP contribution in [0.2, 0.25) is 0 Å². The van der Waals surface area contributed by atoms with Gasteiger partial charge in [-0.05, 0) is 12.8 Å². The number of carbonyl (C=O) groups excluding carboxylic acids is 3. The summed E-state index contributed by atoms with van der Waals surface area (Å²) < 4.78 is 39.9. The van der Waals surface area contributed by atoms with Crippen molar-refractivity contribution in [3.05, 3.63) is 0 Å². The summed E-state index contributed by atoms with van der Waals surface area (Å²) >= 11 is 0. The Bertz CT molecular complexity index is 708. The fraction of sp³-hybridized carbons (Fsp3) is 0.750. The summed E-state index contributed by atoms with van der Waals surface area (Å²) in [6.45, 7) is 1.29. The summed E-state index contributed by atoms with van der Waals surface area (Å²) in [5, 5.41) is 0.989. The summed E-state index contributed by atoms with van der Waals surface area (Å²) in [4.78, 5) is 39.7. The van der Waals surface area contributed by atoms with Crippen molar-refractivity contribution in [2.75, 3.05) is 32.8 Å². The lowest BCUT2D eigenvalue weighted by atomic mass is 10.0. The average Bonchev–Trinajstić information content (AvgIpc) is 2.84. The highest BCUT2D eigenvalue weighted by Crippen LogP contribution is 2.31. The predicted octanol–water partition coefficient (Wildman–Crippen LogP) is -1.86. The molecule has 26 heavy (non-hydrogen) atoms. The third-order valence-electron chi connectivity index (χ3n) is 4.51. The van der Waals surface area contributed by atoms with E-state index in [9.17, 15) is 22.8 Å². The molecular formula is C12H19N5O8S. The molecule has 2 atom stereocenters. The largest absolute Gasteiger partial charge is 0.418 e. The van der Waals surface area contributed by atoms with Crippen LogP contribution in [0.15, 0.2) is 0 Å².